The fourth-order valence-electron chi connectivity index (χ4n) is 0.881. The Morgan fingerprint density at radius 1 is 1.14 bits per heavy atom. The third kappa shape index (κ3) is 8.29. The fraction of sp³-hybridized carbons (Fsp3) is 1.00. The Hall–Kier alpha value is -0.320. The van der Waals surface area contributed by atoms with Crippen molar-refractivity contribution < 1.29 is 30.5 Å². The highest BCUT2D eigenvalue weighted by Crippen LogP contribution is 2.06. The molecule has 86 valence electrons. The normalized spacial score (nSPS) is 13.9. The van der Waals surface area contributed by atoms with Crippen LogP contribution < -0.4 is 0 Å². The summed E-state index contributed by atoms with van der Waals surface area (Å²) < 4.78 is 0. The second-order valence-electron chi connectivity index (χ2n) is 2.67. The minimum Gasteiger partial charge on any atom is -0.266 e. The zero-order chi connectivity index (χ0) is 11.0. The van der Waals surface area contributed by atoms with Crippen LogP contribution >= 0.6 is 0 Å². The Bertz CT molecular complexity index is 133. The van der Waals surface area contributed by atoms with Crippen molar-refractivity contribution in [2.45, 2.75) is 32.3 Å². The molecular weight excluding hydrogens is 196 g/mol. The predicted molar refractivity (Wildman–Crippen MR) is 41.2 cm³/mol. The summed E-state index contributed by atoms with van der Waals surface area (Å²) in [5.74, 6) is 0. The molecule has 14 heavy (non-hydrogen) atoms. The van der Waals surface area contributed by atoms with Gasteiger partial charge in [-0.25, -0.2) is 9.68 Å². The van der Waals surface area contributed by atoms with Gasteiger partial charge in [0.2, 0.25) is 0 Å². The zero-order valence-electron chi connectivity index (χ0n) is 7.91. The van der Waals surface area contributed by atoms with Gasteiger partial charge < -0.3 is 0 Å². The number of unbranched alkanes of at least 4 members (excludes halogenated alkanes) is 1. The first-order valence-electron chi connectivity index (χ1n) is 4.21. The van der Waals surface area contributed by atoms with E-state index >= 15 is 0 Å². The number of rotatable bonds is 8. The second-order valence-corrected chi connectivity index (χ2v) is 2.67. The molecule has 0 radical (unpaired) electrons. The van der Waals surface area contributed by atoms with Crippen molar-refractivity contribution in [3.8, 4) is 0 Å². The maximum atomic E-state index is 8.36. The van der Waals surface area contributed by atoms with Crippen LogP contribution in [0.3, 0.4) is 0 Å². The summed E-state index contributed by atoms with van der Waals surface area (Å²) in [7, 11) is 0. The van der Waals surface area contributed by atoms with E-state index in [1.807, 2.05) is 6.92 Å². The van der Waals surface area contributed by atoms with E-state index in [4.69, 9.17) is 20.8 Å². The first kappa shape index (κ1) is 13.7. The average molecular weight is 212 g/mol. The Labute approximate surface area is 81.2 Å². The van der Waals surface area contributed by atoms with Crippen LogP contribution in [0.2, 0.25) is 0 Å². The maximum absolute atomic E-state index is 8.36. The van der Waals surface area contributed by atoms with Crippen LogP contribution in [0.1, 0.15) is 26.2 Å². The van der Waals surface area contributed by atoms with E-state index in [9.17, 15) is 0 Å². The van der Waals surface area contributed by atoms with Crippen molar-refractivity contribution in [3.05, 3.63) is 0 Å². The summed E-state index contributed by atoms with van der Waals surface area (Å²) in [5, 5.41) is 32.3. The molecule has 0 saturated carbocycles. The molecule has 0 amide bonds. The van der Waals surface area contributed by atoms with E-state index in [1.54, 1.807) is 0 Å². The molecule has 0 spiro atoms. The Kier molecular flexibility index (Phi) is 7.84. The standard InChI is InChI=1S/C6H16N2O6/c1-2-3-4-6(14-8(11)12)5-13-7(9)10/h6,9-12H,2-5H2,1H3/t6-/m0/s1. The molecule has 0 aromatic rings. The minimum absolute atomic E-state index is 0.204. The predicted octanol–water partition coefficient (Wildman–Crippen LogP) is 0.569. The van der Waals surface area contributed by atoms with Crippen LogP contribution in [-0.4, -0.2) is 44.3 Å². The molecule has 1 atom stereocenters. The molecule has 0 aliphatic carbocycles. The average Bonchev–Trinajstić information content (AvgIpc) is 2.09. The van der Waals surface area contributed by atoms with Gasteiger partial charge in [0.15, 0.2) is 0 Å². The second kappa shape index (κ2) is 8.03. The van der Waals surface area contributed by atoms with Crippen molar-refractivity contribution >= 4 is 0 Å². The summed E-state index contributed by atoms with van der Waals surface area (Å²) in [6, 6.07) is 0. The molecule has 0 aromatic carbocycles. The number of hydrogen-bond acceptors (Lipinski definition) is 8. The number of nitrogens with zero attached hydrogens (tertiary/aromatic N) is 2. The van der Waals surface area contributed by atoms with Gasteiger partial charge in [-0.05, 0) is 6.42 Å². The smallest absolute Gasteiger partial charge is 0.110 e. The summed E-state index contributed by atoms with van der Waals surface area (Å²) in [6.07, 6.45) is 1.53. The van der Waals surface area contributed by atoms with Crippen molar-refractivity contribution in [2.75, 3.05) is 6.61 Å². The van der Waals surface area contributed by atoms with Gasteiger partial charge in [-0.15, -0.1) is 0 Å². The van der Waals surface area contributed by atoms with Crippen molar-refractivity contribution in [3.63, 3.8) is 0 Å². The lowest BCUT2D eigenvalue weighted by Crippen LogP contribution is -2.30. The monoisotopic (exact) mass is 212 g/mol. The van der Waals surface area contributed by atoms with E-state index in [-0.39, 0.29) is 6.61 Å². The van der Waals surface area contributed by atoms with Gasteiger partial charge in [0.1, 0.15) is 12.7 Å². The lowest BCUT2D eigenvalue weighted by atomic mass is 10.2. The van der Waals surface area contributed by atoms with Gasteiger partial charge in [0.25, 0.3) is 0 Å². The molecule has 0 aliphatic rings. The fourth-order valence-corrected chi connectivity index (χ4v) is 0.881. The van der Waals surface area contributed by atoms with Crippen molar-refractivity contribution in [2.24, 2.45) is 0 Å². The van der Waals surface area contributed by atoms with Gasteiger partial charge in [-0.2, -0.15) is 0 Å². The van der Waals surface area contributed by atoms with Crippen molar-refractivity contribution in [1.82, 2.24) is 10.8 Å². The Morgan fingerprint density at radius 3 is 2.21 bits per heavy atom. The molecule has 8 nitrogen and oxygen atoms in total. The van der Waals surface area contributed by atoms with Gasteiger partial charge in [0.05, 0.1) is 10.8 Å². The quantitative estimate of drug-likeness (QED) is 0.433. The van der Waals surface area contributed by atoms with Gasteiger partial charge >= 0.3 is 0 Å². The summed E-state index contributed by atoms with van der Waals surface area (Å²) in [6.45, 7) is 1.75. The number of hydrogen-bond donors (Lipinski definition) is 4. The van der Waals surface area contributed by atoms with E-state index in [0.29, 0.717) is 6.42 Å². The molecule has 4 N–H and O–H groups in total. The van der Waals surface area contributed by atoms with Crippen LogP contribution in [0.25, 0.3) is 0 Å². The van der Waals surface area contributed by atoms with Crippen LogP contribution in [-0.2, 0) is 9.68 Å². The molecule has 8 heteroatoms. The molecule has 0 saturated heterocycles. The van der Waals surface area contributed by atoms with Crippen LogP contribution in [0.4, 0.5) is 0 Å². The molecule has 0 unspecified atom stereocenters. The summed E-state index contributed by atoms with van der Waals surface area (Å²) in [5.41, 5.74) is 0. The van der Waals surface area contributed by atoms with Gasteiger partial charge in [-0.3, -0.25) is 20.8 Å². The molecule has 0 heterocycles. The lowest BCUT2D eigenvalue weighted by molar-refractivity contribution is -0.527. The summed E-state index contributed by atoms with van der Waals surface area (Å²) in [4.78, 5) is 8.75. The zero-order valence-corrected chi connectivity index (χ0v) is 7.91. The van der Waals surface area contributed by atoms with E-state index in [2.05, 4.69) is 9.68 Å². The summed E-state index contributed by atoms with van der Waals surface area (Å²) >= 11 is 0. The van der Waals surface area contributed by atoms with Crippen LogP contribution in [0.5, 0.6) is 0 Å². The highest BCUT2D eigenvalue weighted by atomic mass is 17.1. The Morgan fingerprint density at radius 2 is 1.79 bits per heavy atom. The van der Waals surface area contributed by atoms with Crippen molar-refractivity contribution in [1.29, 1.82) is 0 Å². The highest BCUT2D eigenvalue weighted by Gasteiger charge is 2.14. The third-order valence-electron chi connectivity index (χ3n) is 1.50. The van der Waals surface area contributed by atoms with E-state index < -0.39 is 16.9 Å². The molecule has 0 bridgehead atoms. The molecule has 0 aromatic heterocycles. The molecular formula is C6H16N2O6. The Balaban J connectivity index is 3.72. The SMILES string of the molecule is CCCC[C@@H](CON(O)O)ON(O)O. The van der Waals surface area contributed by atoms with E-state index in [0.717, 1.165) is 12.8 Å². The van der Waals surface area contributed by atoms with Gasteiger partial charge in [0, 0.05) is 0 Å². The molecule has 0 rings (SSSR count). The minimum atomic E-state index is -0.660. The first-order valence-corrected chi connectivity index (χ1v) is 4.21. The van der Waals surface area contributed by atoms with Crippen LogP contribution in [0, 0.1) is 0 Å². The molecule has 0 fully saturated rings. The highest BCUT2D eigenvalue weighted by molar-refractivity contribution is 4.53. The third-order valence-corrected chi connectivity index (χ3v) is 1.50. The topological polar surface area (TPSA) is 106 Å². The largest absolute Gasteiger partial charge is 0.266 e. The first-order chi connectivity index (χ1) is 6.56. The van der Waals surface area contributed by atoms with Crippen LogP contribution in [0.15, 0.2) is 0 Å². The van der Waals surface area contributed by atoms with Gasteiger partial charge in [-0.1, -0.05) is 19.8 Å². The van der Waals surface area contributed by atoms with E-state index in [1.165, 1.54) is 0 Å². The lowest BCUT2D eigenvalue weighted by Gasteiger charge is -2.18. The maximum Gasteiger partial charge on any atom is 0.110 e. The molecule has 0 aliphatic heterocycles.